The highest BCUT2D eigenvalue weighted by molar-refractivity contribution is 5.10. The molecule has 0 unspecified atom stereocenters. The van der Waals surface area contributed by atoms with Gasteiger partial charge >= 0.3 is 0 Å². The predicted molar refractivity (Wildman–Crippen MR) is 76.6 cm³/mol. The largest absolute Gasteiger partial charge is 0.349 e. The summed E-state index contributed by atoms with van der Waals surface area (Å²) in [5.41, 5.74) is 0.246. The minimum Gasteiger partial charge on any atom is -0.349 e. The third-order valence-corrected chi connectivity index (χ3v) is 4.27. The van der Waals surface area contributed by atoms with Crippen LogP contribution in [0.1, 0.15) is 73.6 Å². The van der Waals surface area contributed by atoms with Crippen LogP contribution in [-0.2, 0) is 9.47 Å². The molecule has 0 saturated heterocycles. The molecule has 1 rings (SSSR count). The van der Waals surface area contributed by atoms with Crippen LogP contribution >= 0.6 is 0 Å². The molecule has 0 amide bonds. The molecule has 0 N–H and O–H groups in total. The minimum absolute atomic E-state index is 0.123. The van der Waals surface area contributed by atoms with Crippen LogP contribution in [0, 0.1) is 10.8 Å². The highest BCUT2D eigenvalue weighted by Gasteiger charge is 2.67. The standard InChI is InChI=1S/C16H32O2/c1-7-9-11-17-16(18-12-10-8-2)14(3,4)13-15(16,5)6/h7-13H2,1-6H3. The Hall–Kier alpha value is -0.0800. The average molecular weight is 256 g/mol. The van der Waals surface area contributed by atoms with E-state index in [-0.39, 0.29) is 16.6 Å². The quantitative estimate of drug-likeness (QED) is 0.460. The molecule has 0 aromatic rings. The van der Waals surface area contributed by atoms with Crippen molar-refractivity contribution < 1.29 is 9.47 Å². The van der Waals surface area contributed by atoms with Gasteiger partial charge in [-0.05, 0) is 19.3 Å². The minimum atomic E-state index is -0.385. The van der Waals surface area contributed by atoms with E-state index in [9.17, 15) is 0 Å². The van der Waals surface area contributed by atoms with Gasteiger partial charge in [0.1, 0.15) is 0 Å². The lowest BCUT2D eigenvalue weighted by Crippen LogP contribution is -2.69. The number of unbranched alkanes of at least 4 members (excludes halogenated alkanes) is 2. The van der Waals surface area contributed by atoms with Gasteiger partial charge in [0, 0.05) is 10.8 Å². The number of rotatable bonds is 8. The summed E-state index contributed by atoms with van der Waals surface area (Å²) < 4.78 is 12.5. The number of ether oxygens (including phenoxy) is 2. The zero-order valence-electron chi connectivity index (χ0n) is 13.3. The molecule has 1 aliphatic rings. The third-order valence-electron chi connectivity index (χ3n) is 4.27. The first-order valence-corrected chi connectivity index (χ1v) is 7.61. The van der Waals surface area contributed by atoms with E-state index < -0.39 is 0 Å². The normalized spacial score (nSPS) is 23.7. The fourth-order valence-corrected chi connectivity index (χ4v) is 3.69. The molecule has 0 bridgehead atoms. The van der Waals surface area contributed by atoms with Gasteiger partial charge < -0.3 is 9.47 Å². The smallest absolute Gasteiger partial charge is 0.178 e. The van der Waals surface area contributed by atoms with Crippen LogP contribution in [0.5, 0.6) is 0 Å². The van der Waals surface area contributed by atoms with Crippen LogP contribution in [0.3, 0.4) is 0 Å². The average Bonchev–Trinajstić information content (AvgIpc) is 2.25. The highest BCUT2D eigenvalue weighted by Crippen LogP contribution is 2.64. The van der Waals surface area contributed by atoms with Gasteiger partial charge in [0.2, 0.25) is 0 Å². The van der Waals surface area contributed by atoms with Gasteiger partial charge in [0.15, 0.2) is 5.79 Å². The van der Waals surface area contributed by atoms with Crippen molar-refractivity contribution in [2.75, 3.05) is 13.2 Å². The van der Waals surface area contributed by atoms with Crippen LogP contribution in [0.15, 0.2) is 0 Å². The molecule has 0 heterocycles. The Morgan fingerprint density at radius 1 is 0.778 bits per heavy atom. The first-order valence-electron chi connectivity index (χ1n) is 7.61. The van der Waals surface area contributed by atoms with Crippen LogP contribution in [-0.4, -0.2) is 19.0 Å². The van der Waals surface area contributed by atoms with Gasteiger partial charge in [-0.2, -0.15) is 0 Å². The van der Waals surface area contributed by atoms with Crippen LogP contribution in [0.25, 0.3) is 0 Å². The molecule has 0 aromatic carbocycles. The Bertz CT molecular complexity index is 230. The Kier molecular flexibility index (Phi) is 5.25. The summed E-state index contributed by atoms with van der Waals surface area (Å²) in [7, 11) is 0. The van der Waals surface area contributed by atoms with E-state index >= 15 is 0 Å². The maximum atomic E-state index is 6.26. The number of hydrogen-bond donors (Lipinski definition) is 0. The summed E-state index contributed by atoms with van der Waals surface area (Å²) in [6.07, 6.45) is 5.74. The number of hydrogen-bond acceptors (Lipinski definition) is 2. The molecule has 0 radical (unpaired) electrons. The van der Waals surface area contributed by atoms with E-state index in [0.717, 1.165) is 32.5 Å². The summed E-state index contributed by atoms with van der Waals surface area (Å²) in [6, 6.07) is 0. The van der Waals surface area contributed by atoms with Gasteiger partial charge in [-0.15, -0.1) is 0 Å². The topological polar surface area (TPSA) is 18.5 Å². The highest BCUT2D eigenvalue weighted by atomic mass is 16.7. The van der Waals surface area contributed by atoms with Crippen LogP contribution in [0.4, 0.5) is 0 Å². The molecule has 0 aliphatic heterocycles. The molecular formula is C16H32O2. The van der Waals surface area contributed by atoms with Crippen molar-refractivity contribution in [2.24, 2.45) is 10.8 Å². The third kappa shape index (κ3) is 2.75. The lowest BCUT2D eigenvalue weighted by atomic mass is 9.50. The summed E-state index contributed by atoms with van der Waals surface area (Å²) in [4.78, 5) is 0. The Morgan fingerprint density at radius 3 is 1.44 bits per heavy atom. The fraction of sp³-hybridized carbons (Fsp3) is 1.00. The Balaban J connectivity index is 2.72. The second-order valence-corrected chi connectivity index (χ2v) is 6.97. The van der Waals surface area contributed by atoms with E-state index in [4.69, 9.17) is 9.47 Å². The van der Waals surface area contributed by atoms with Gasteiger partial charge in [0.25, 0.3) is 0 Å². The van der Waals surface area contributed by atoms with Crippen molar-refractivity contribution in [3.63, 3.8) is 0 Å². The molecule has 0 spiro atoms. The van der Waals surface area contributed by atoms with Crippen molar-refractivity contribution in [3.8, 4) is 0 Å². The van der Waals surface area contributed by atoms with E-state index in [1.165, 1.54) is 12.8 Å². The van der Waals surface area contributed by atoms with E-state index in [1.807, 2.05) is 0 Å². The van der Waals surface area contributed by atoms with E-state index in [0.29, 0.717) is 0 Å². The molecule has 2 nitrogen and oxygen atoms in total. The van der Waals surface area contributed by atoms with Gasteiger partial charge in [-0.1, -0.05) is 54.4 Å². The van der Waals surface area contributed by atoms with Crippen molar-refractivity contribution in [3.05, 3.63) is 0 Å². The molecule has 1 aliphatic carbocycles. The van der Waals surface area contributed by atoms with Gasteiger partial charge in [-0.25, -0.2) is 0 Å². The fourth-order valence-electron chi connectivity index (χ4n) is 3.69. The van der Waals surface area contributed by atoms with Gasteiger partial charge in [0.05, 0.1) is 13.2 Å². The maximum Gasteiger partial charge on any atom is 0.178 e. The summed E-state index contributed by atoms with van der Waals surface area (Å²) in [5, 5.41) is 0. The second-order valence-electron chi connectivity index (χ2n) is 6.97. The summed E-state index contributed by atoms with van der Waals surface area (Å²) in [5.74, 6) is -0.385. The van der Waals surface area contributed by atoms with Crippen LogP contribution < -0.4 is 0 Å². The molecule has 108 valence electrons. The maximum absolute atomic E-state index is 6.26. The second kappa shape index (κ2) is 5.92. The lowest BCUT2D eigenvalue weighted by Gasteiger charge is -2.65. The van der Waals surface area contributed by atoms with E-state index in [1.54, 1.807) is 0 Å². The Labute approximate surface area is 113 Å². The molecule has 2 heteroatoms. The zero-order valence-corrected chi connectivity index (χ0v) is 13.3. The lowest BCUT2D eigenvalue weighted by molar-refractivity contribution is -0.405. The SMILES string of the molecule is CCCCOC1(OCCCC)C(C)(C)CC1(C)C. The first kappa shape index (κ1) is 16.0. The molecule has 1 saturated carbocycles. The van der Waals surface area contributed by atoms with Crippen molar-refractivity contribution in [1.29, 1.82) is 0 Å². The predicted octanol–water partition coefficient (Wildman–Crippen LogP) is 4.77. The van der Waals surface area contributed by atoms with Crippen molar-refractivity contribution in [2.45, 2.75) is 79.4 Å². The van der Waals surface area contributed by atoms with Gasteiger partial charge in [-0.3, -0.25) is 0 Å². The molecule has 0 atom stereocenters. The Morgan fingerprint density at radius 2 is 1.17 bits per heavy atom. The van der Waals surface area contributed by atoms with Crippen LogP contribution in [0.2, 0.25) is 0 Å². The van der Waals surface area contributed by atoms with Crippen molar-refractivity contribution in [1.82, 2.24) is 0 Å². The van der Waals surface area contributed by atoms with Crippen molar-refractivity contribution >= 4 is 0 Å². The first-order chi connectivity index (χ1) is 8.33. The molecular weight excluding hydrogens is 224 g/mol. The van der Waals surface area contributed by atoms with E-state index in [2.05, 4.69) is 41.5 Å². The molecule has 0 aromatic heterocycles. The monoisotopic (exact) mass is 256 g/mol. The molecule has 1 fully saturated rings. The summed E-state index contributed by atoms with van der Waals surface area (Å²) in [6.45, 7) is 15.1. The summed E-state index contributed by atoms with van der Waals surface area (Å²) >= 11 is 0. The zero-order chi connectivity index (χ0) is 13.9. The molecule has 18 heavy (non-hydrogen) atoms.